The van der Waals surface area contributed by atoms with Crippen LogP contribution in [0.4, 0.5) is 5.69 Å². The third-order valence-electron chi connectivity index (χ3n) is 3.09. The normalized spacial score (nSPS) is 10.6. The van der Waals surface area contributed by atoms with Crippen LogP contribution in [-0.2, 0) is 0 Å². The molecule has 0 atom stereocenters. The number of nitrogens with one attached hydrogen (secondary N) is 3. The highest BCUT2D eigenvalue weighted by Gasteiger charge is 2.15. The molecule has 0 aliphatic heterocycles. The summed E-state index contributed by atoms with van der Waals surface area (Å²) in [5, 5.41) is 16.4. The van der Waals surface area contributed by atoms with Crippen LogP contribution in [0.25, 0.3) is 11.4 Å². The first-order valence-corrected chi connectivity index (χ1v) is 6.45. The first-order valence-electron chi connectivity index (χ1n) is 6.45. The molecule has 0 saturated carbocycles. The zero-order chi connectivity index (χ0) is 14.8. The molecular formula is C14H14N6O. The van der Waals surface area contributed by atoms with E-state index in [9.17, 15) is 4.79 Å². The lowest BCUT2D eigenvalue weighted by Crippen LogP contribution is -2.13. The fourth-order valence-corrected chi connectivity index (χ4v) is 2.02. The van der Waals surface area contributed by atoms with Gasteiger partial charge in [-0.2, -0.15) is 10.2 Å². The highest BCUT2D eigenvalue weighted by Crippen LogP contribution is 2.25. The van der Waals surface area contributed by atoms with E-state index in [1.807, 2.05) is 31.2 Å². The molecule has 3 N–H and O–H groups in total. The van der Waals surface area contributed by atoms with Crippen LogP contribution in [-0.4, -0.2) is 31.3 Å². The van der Waals surface area contributed by atoms with Gasteiger partial charge in [0.05, 0.1) is 17.4 Å². The first-order chi connectivity index (χ1) is 10.1. The van der Waals surface area contributed by atoms with E-state index in [0.717, 1.165) is 17.1 Å². The lowest BCUT2D eigenvalue weighted by atomic mass is 10.1. The van der Waals surface area contributed by atoms with E-state index in [0.29, 0.717) is 17.1 Å². The van der Waals surface area contributed by atoms with Crippen LogP contribution in [0.2, 0.25) is 0 Å². The van der Waals surface area contributed by atoms with Crippen LogP contribution in [0.1, 0.15) is 21.9 Å². The minimum absolute atomic E-state index is 0.221. The largest absolute Gasteiger partial charge is 0.321 e. The number of carbonyl (C=O) groups is 1. The molecule has 2 heterocycles. The van der Waals surface area contributed by atoms with E-state index < -0.39 is 0 Å². The summed E-state index contributed by atoms with van der Waals surface area (Å²) in [6, 6.07) is 7.40. The molecule has 7 heteroatoms. The Bertz CT molecular complexity index is 788. The molecule has 0 aliphatic carbocycles. The average molecular weight is 282 g/mol. The second-order valence-corrected chi connectivity index (χ2v) is 4.65. The standard InChI is InChI=1S/C14H14N6O/c1-8-11(7-15-18-8)14(21)17-12-6-4-3-5-10(12)13-16-9(2)19-20-13/h3-7H,1-2H3,(H,15,18)(H,17,21)(H,16,19,20). The van der Waals surface area contributed by atoms with Crippen molar-refractivity contribution in [3.63, 3.8) is 0 Å². The first kappa shape index (κ1) is 13.0. The van der Waals surface area contributed by atoms with Crippen LogP contribution in [0.5, 0.6) is 0 Å². The van der Waals surface area contributed by atoms with E-state index in [4.69, 9.17) is 0 Å². The van der Waals surface area contributed by atoms with Gasteiger partial charge in [-0.05, 0) is 26.0 Å². The summed E-state index contributed by atoms with van der Waals surface area (Å²) in [6.07, 6.45) is 1.50. The minimum atomic E-state index is -0.221. The van der Waals surface area contributed by atoms with Gasteiger partial charge >= 0.3 is 0 Å². The van der Waals surface area contributed by atoms with Gasteiger partial charge in [-0.1, -0.05) is 12.1 Å². The molecule has 0 spiro atoms. The summed E-state index contributed by atoms with van der Waals surface area (Å²) in [5.41, 5.74) is 2.65. The molecule has 21 heavy (non-hydrogen) atoms. The second kappa shape index (κ2) is 5.20. The van der Waals surface area contributed by atoms with Crippen molar-refractivity contribution in [1.29, 1.82) is 0 Å². The van der Waals surface area contributed by atoms with Gasteiger partial charge in [0.15, 0.2) is 5.82 Å². The van der Waals surface area contributed by atoms with Gasteiger partial charge in [-0.15, -0.1) is 0 Å². The van der Waals surface area contributed by atoms with Crippen LogP contribution >= 0.6 is 0 Å². The molecule has 0 aliphatic rings. The number of aromatic amines is 2. The van der Waals surface area contributed by atoms with Gasteiger partial charge in [0, 0.05) is 11.3 Å². The van der Waals surface area contributed by atoms with Gasteiger partial charge in [0.2, 0.25) is 0 Å². The third kappa shape index (κ3) is 2.53. The number of benzene rings is 1. The molecule has 3 rings (SSSR count). The van der Waals surface area contributed by atoms with Gasteiger partial charge in [0.1, 0.15) is 5.82 Å². The van der Waals surface area contributed by atoms with Crippen molar-refractivity contribution in [2.75, 3.05) is 5.32 Å². The summed E-state index contributed by atoms with van der Waals surface area (Å²) in [5.74, 6) is 1.05. The molecule has 0 bridgehead atoms. The van der Waals surface area contributed by atoms with Crippen molar-refractivity contribution in [3.05, 3.63) is 47.5 Å². The molecule has 106 valence electrons. The molecule has 3 aromatic rings. The highest BCUT2D eigenvalue weighted by molar-refractivity contribution is 6.06. The molecule has 0 radical (unpaired) electrons. The summed E-state index contributed by atoms with van der Waals surface area (Å²) < 4.78 is 0. The third-order valence-corrected chi connectivity index (χ3v) is 3.09. The molecule has 2 aromatic heterocycles. The molecule has 7 nitrogen and oxygen atoms in total. The maximum Gasteiger partial charge on any atom is 0.259 e. The monoisotopic (exact) mass is 282 g/mol. The molecule has 0 fully saturated rings. The maximum atomic E-state index is 12.3. The van der Waals surface area contributed by atoms with Gasteiger partial charge in [-0.3, -0.25) is 15.0 Å². The zero-order valence-electron chi connectivity index (χ0n) is 11.6. The Balaban J connectivity index is 1.93. The topological polar surface area (TPSA) is 99.3 Å². The highest BCUT2D eigenvalue weighted by atomic mass is 16.1. The predicted octanol–water partition coefficient (Wildman–Crippen LogP) is 2.06. The van der Waals surface area contributed by atoms with Gasteiger partial charge in [-0.25, -0.2) is 4.98 Å². The average Bonchev–Trinajstić information content (AvgIpc) is 3.08. The number of H-pyrrole nitrogens is 2. The molecule has 0 saturated heterocycles. The van der Waals surface area contributed by atoms with Crippen molar-refractivity contribution >= 4 is 11.6 Å². The Labute approximate surface area is 120 Å². The number of aromatic nitrogens is 5. The van der Waals surface area contributed by atoms with E-state index in [2.05, 4.69) is 30.7 Å². The Morgan fingerprint density at radius 1 is 1.19 bits per heavy atom. The molecule has 0 unspecified atom stereocenters. The van der Waals surface area contributed by atoms with Crippen molar-refractivity contribution < 1.29 is 4.79 Å². The van der Waals surface area contributed by atoms with Crippen LogP contribution < -0.4 is 5.32 Å². The van der Waals surface area contributed by atoms with Crippen LogP contribution in [0, 0.1) is 13.8 Å². The van der Waals surface area contributed by atoms with Gasteiger partial charge in [0.25, 0.3) is 5.91 Å². The number of anilines is 1. The van der Waals surface area contributed by atoms with Gasteiger partial charge < -0.3 is 5.32 Å². The van der Waals surface area contributed by atoms with Crippen LogP contribution in [0.3, 0.4) is 0 Å². The fraction of sp³-hybridized carbons (Fsp3) is 0.143. The quantitative estimate of drug-likeness (QED) is 0.684. The number of hydrogen-bond donors (Lipinski definition) is 3. The summed E-state index contributed by atoms with van der Waals surface area (Å²) >= 11 is 0. The number of nitrogens with zero attached hydrogens (tertiary/aromatic N) is 3. The van der Waals surface area contributed by atoms with Crippen molar-refractivity contribution in [2.45, 2.75) is 13.8 Å². The summed E-state index contributed by atoms with van der Waals surface area (Å²) in [6.45, 7) is 3.62. The smallest absolute Gasteiger partial charge is 0.259 e. The lowest BCUT2D eigenvalue weighted by molar-refractivity contribution is 0.102. The Kier molecular flexibility index (Phi) is 3.23. The number of hydrogen-bond acceptors (Lipinski definition) is 4. The molecule has 1 amide bonds. The number of amides is 1. The van der Waals surface area contributed by atoms with E-state index in [-0.39, 0.29) is 5.91 Å². The molecule has 1 aromatic carbocycles. The molecular weight excluding hydrogens is 268 g/mol. The summed E-state index contributed by atoms with van der Waals surface area (Å²) in [4.78, 5) is 16.6. The minimum Gasteiger partial charge on any atom is -0.321 e. The van der Waals surface area contributed by atoms with E-state index in [1.165, 1.54) is 6.20 Å². The Morgan fingerprint density at radius 2 is 2.00 bits per heavy atom. The van der Waals surface area contributed by atoms with E-state index >= 15 is 0 Å². The lowest BCUT2D eigenvalue weighted by Gasteiger charge is -2.08. The number of para-hydroxylation sites is 1. The second-order valence-electron chi connectivity index (χ2n) is 4.65. The van der Waals surface area contributed by atoms with Crippen molar-refractivity contribution in [3.8, 4) is 11.4 Å². The maximum absolute atomic E-state index is 12.3. The van der Waals surface area contributed by atoms with Crippen molar-refractivity contribution in [2.24, 2.45) is 0 Å². The SMILES string of the molecule is Cc1nc(-c2ccccc2NC(=O)c2cn[nH]c2C)n[nH]1. The van der Waals surface area contributed by atoms with Crippen molar-refractivity contribution in [1.82, 2.24) is 25.4 Å². The number of carbonyl (C=O) groups excluding carboxylic acids is 1. The predicted molar refractivity (Wildman–Crippen MR) is 77.8 cm³/mol. The number of rotatable bonds is 3. The Hall–Kier alpha value is -2.96. The fourth-order valence-electron chi connectivity index (χ4n) is 2.02. The van der Waals surface area contributed by atoms with Crippen LogP contribution in [0.15, 0.2) is 30.5 Å². The summed E-state index contributed by atoms with van der Waals surface area (Å²) in [7, 11) is 0. The Morgan fingerprint density at radius 3 is 2.67 bits per heavy atom. The number of aryl methyl sites for hydroxylation is 2. The van der Waals surface area contributed by atoms with E-state index in [1.54, 1.807) is 6.92 Å². The zero-order valence-corrected chi connectivity index (χ0v) is 11.6.